The Labute approximate surface area is 236 Å². The molecule has 2 fully saturated rings. The second-order valence-corrected chi connectivity index (χ2v) is 16.3. The lowest BCUT2D eigenvalue weighted by Crippen LogP contribution is -2.30. The van der Waals surface area contributed by atoms with E-state index >= 15 is 0 Å². The third-order valence-corrected chi connectivity index (χ3v) is 13.2. The summed E-state index contributed by atoms with van der Waals surface area (Å²) in [6, 6.07) is 0. The van der Waals surface area contributed by atoms with E-state index in [2.05, 4.69) is 79.8 Å². The van der Waals surface area contributed by atoms with Gasteiger partial charge in [-0.1, -0.05) is 157 Å². The molecule has 2 aliphatic rings. The van der Waals surface area contributed by atoms with Gasteiger partial charge in [-0.3, -0.25) is 0 Å². The molecule has 2 rings (SSSR count). The minimum atomic E-state index is 0.550. The summed E-state index contributed by atoms with van der Waals surface area (Å²) in [6.07, 6.45) is 26.6. The molecule has 2 aliphatic carbocycles. The number of rotatable bonds is 2. The van der Waals surface area contributed by atoms with Crippen molar-refractivity contribution >= 4 is 45.2 Å². The minimum absolute atomic E-state index is 0.550. The average Bonchev–Trinajstić information content (AvgIpc) is 3.13. The van der Waals surface area contributed by atoms with Crippen LogP contribution in [0.15, 0.2) is 0 Å². The first-order valence-electron chi connectivity index (χ1n) is 15.0. The third-order valence-electron chi connectivity index (χ3n) is 10.2. The van der Waals surface area contributed by atoms with Gasteiger partial charge in [0.1, 0.15) is 0 Å². The molecule has 0 aromatic carbocycles. The molecule has 0 aliphatic heterocycles. The van der Waals surface area contributed by atoms with E-state index < -0.39 is 0 Å². The summed E-state index contributed by atoms with van der Waals surface area (Å²) in [4.78, 5) is 0. The summed E-state index contributed by atoms with van der Waals surface area (Å²) in [6.45, 7) is 12.7. The molecular formula is C31H58I2. The van der Waals surface area contributed by atoms with E-state index in [0.29, 0.717) is 5.41 Å². The zero-order valence-electron chi connectivity index (χ0n) is 23.0. The topological polar surface area (TPSA) is 0 Å². The van der Waals surface area contributed by atoms with Gasteiger partial charge < -0.3 is 0 Å². The fourth-order valence-corrected chi connectivity index (χ4v) is 8.88. The molecule has 3 unspecified atom stereocenters. The number of alkyl halides is 2. The van der Waals surface area contributed by atoms with Crippen LogP contribution in [0, 0.1) is 35.0 Å². The summed E-state index contributed by atoms with van der Waals surface area (Å²) in [5, 5.41) is 0. The predicted molar refractivity (Wildman–Crippen MR) is 167 cm³/mol. The van der Waals surface area contributed by atoms with Gasteiger partial charge in [-0.2, -0.15) is 0 Å². The highest BCUT2D eigenvalue weighted by Crippen LogP contribution is 2.44. The highest BCUT2D eigenvalue weighted by molar-refractivity contribution is 14.1. The molecule has 0 bridgehead atoms. The second-order valence-electron chi connectivity index (χ2n) is 12.8. The van der Waals surface area contributed by atoms with Crippen LogP contribution in [0.4, 0.5) is 0 Å². The molecule has 0 heterocycles. The molecule has 8 atom stereocenters. The average molecular weight is 685 g/mol. The summed E-state index contributed by atoms with van der Waals surface area (Å²) in [7, 11) is 0. The van der Waals surface area contributed by atoms with Gasteiger partial charge in [-0.05, 0) is 73.5 Å². The van der Waals surface area contributed by atoms with Gasteiger partial charge in [0.05, 0.1) is 0 Å². The van der Waals surface area contributed by atoms with E-state index in [0.717, 1.165) is 37.4 Å². The molecule has 2 saturated carbocycles. The first kappa shape index (κ1) is 30.7. The normalized spacial score (nSPS) is 39.2. The van der Waals surface area contributed by atoms with Crippen molar-refractivity contribution in [3.63, 3.8) is 0 Å². The minimum Gasteiger partial charge on any atom is -0.0826 e. The Hall–Kier alpha value is 1.46. The predicted octanol–water partition coefficient (Wildman–Crippen LogP) is 11.8. The van der Waals surface area contributed by atoms with E-state index in [-0.39, 0.29) is 0 Å². The summed E-state index contributed by atoms with van der Waals surface area (Å²) >= 11 is 5.48. The third kappa shape index (κ3) is 10.8. The SMILES string of the molecule is CC1CCC2CCCCC[C@@](C)([C@@H](C)[C@@H](C)I)CCCCCCCC[C@H](C)[C@H](I)CCCC12. The van der Waals surface area contributed by atoms with Crippen molar-refractivity contribution in [3.8, 4) is 0 Å². The lowest BCUT2D eigenvalue weighted by Gasteiger charge is -2.38. The van der Waals surface area contributed by atoms with Crippen LogP contribution >= 0.6 is 45.2 Å². The van der Waals surface area contributed by atoms with Crippen LogP contribution < -0.4 is 0 Å². The van der Waals surface area contributed by atoms with E-state index in [1.54, 1.807) is 0 Å². The molecule has 0 N–H and O–H groups in total. The van der Waals surface area contributed by atoms with Crippen molar-refractivity contribution in [2.24, 2.45) is 35.0 Å². The lowest BCUT2D eigenvalue weighted by molar-refractivity contribution is 0.157. The zero-order valence-corrected chi connectivity index (χ0v) is 27.3. The molecule has 33 heavy (non-hydrogen) atoms. The van der Waals surface area contributed by atoms with E-state index in [1.807, 2.05) is 0 Å². The van der Waals surface area contributed by atoms with Crippen molar-refractivity contribution < 1.29 is 0 Å². The number of hydrogen-bond donors (Lipinski definition) is 0. The molecule has 196 valence electrons. The number of hydrogen-bond acceptors (Lipinski definition) is 0. The van der Waals surface area contributed by atoms with Crippen LogP contribution in [-0.4, -0.2) is 7.85 Å². The molecule has 0 aromatic rings. The van der Waals surface area contributed by atoms with Gasteiger partial charge in [0, 0.05) is 7.85 Å². The van der Waals surface area contributed by atoms with Crippen LogP contribution in [-0.2, 0) is 0 Å². The van der Waals surface area contributed by atoms with E-state index in [4.69, 9.17) is 0 Å². The monoisotopic (exact) mass is 684 g/mol. The Morgan fingerprint density at radius 1 is 0.636 bits per heavy atom. The molecule has 2 heteroatoms. The summed E-state index contributed by atoms with van der Waals surface area (Å²) in [5.41, 5.74) is 0.550. The molecule has 0 aromatic heterocycles. The van der Waals surface area contributed by atoms with Crippen LogP contribution in [0.25, 0.3) is 0 Å². The Kier molecular flexibility index (Phi) is 15.2. The van der Waals surface area contributed by atoms with Crippen LogP contribution in [0.1, 0.15) is 150 Å². The van der Waals surface area contributed by atoms with Crippen molar-refractivity contribution in [2.45, 2.75) is 158 Å². The molecule has 0 amide bonds. The van der Waals surface area contributed by atoms with Crippen molar-refractivity contribution in [2.75, 3.05) is 0 Å². The number of halogens is 2. The number of fused-ring (bicyclic) bond motifs is 1. The Bertz CT molecular complexity index is 503. The Morgan fingerprint density at radius 3 is 1.88 bits per heavy atom. The fourth-order valence-electron chi connectivity index (χ4n) is 7.21. The Morgan fingerprint density at radius 2 is 1.21 bits per heavy atom. The summed E-state index contributed by atoms with van der Waals surface area (Å²) in [5.74, 6) is 4.80. The van der Waals surface area contributed by atoms with Crippen LogP contribution in [0.5, 0.6) is 0 Å². The molecule has 0 spiro atoms. The molecule has 0 radical (unpaired) electrons. The maximum absolute atomic E-state index is 2.79. The maximum atomic E-state index is 2.79. The highest BCUT2D eigenvalue weighted by Gasteiger charge is 2.34. The largest absolute Gasteiger partial charge is 0.0826 e. The van der Waals surface area contributed by atoms with Gasteiger partial charge in [-0.15, -0.1) is 0 Å². The highest BCUT2D eigenvalue weighted by atomic mass is 127. The first-order valence-corrected chi connectivity index (χ1v) is 17.5. The summed E-state index contributed by atoms with van der Waals surface area (Å²) < 4.78 is 1.68. The van der Waals surface area contributed by atoms with Crippen molar-refractivity contribution in [1.82, 2.24) is 0 Å². The van der Waals surface area contributed by atoms with Gasteiger partial charge in [-0.25, -0.2) is 0 Å². The van der Waals surface area contributed by atoms with Crippen molar-refractivity contribution in [1.29, 1.82) is 0 Å². The van der Waals surface area contributed by atoms with Gasteiger partial charge in [0.2, 0.25) is 0 Å². The zero-order chi connectivity index (χ0) is 24.3. The molecule has 0 nitrogen and oxygen atoms in total. The van der Waals surface area contributed by atoms with E-state index in [9.17, 15) is 0 Å². The van der Waals surface area contributed by atoms with Gasteiger partial charge in [0.15, 0.2) is 0 Å². The second kappa shape index (κ2) is 16.3. The quantitative estimate of drug-likeness (QED) is 0.201. The van der Waals surface area contributed by atoms with Gasteiger partial charge >= 0.3 is 0 Å². The lowest BCUT2D eigenvalue weighted by atomic mass is 9.69. The maximum Gasteiger partial charge on any atom is 0.0135 e. The smallest absolute Gasteiger partial charge is 0.0135 e. The fraction of sp³-hybridized carbons (Fsp3) is 1.00. The van der Waals surface area contributed by atoms with E-state index in [1.165, 1.54) is 116 Å². The molecular weight excluding hydrogens is 626 g/mol. The van der Waals surface area contributed by atoms with Crippen molar-refractivity contribution in [3.05, 3.63) is 0 Å². The standard InChI is InChI=1S/C31H58I2/c1-24-20-21-28-17-12-10-14-23-31(5,26(3)27(4)32)22-13-9-7-6-8-11-16-25(2)30(33)19-15-18-29(24)28/h24-30H,6-23H2,1-5H3/t24?,25-,26-,27+,28?,29?,30+,31-/m0/s1. The molecule has 0 saturated heterocycles. The first-order chi connectivity index (χ1) is 15.7. The van der Waals surface area contributed by atoms with Crippen LogP contribution in [0.3, 0.4) is 0 Å². The Balaban J connectivity index is 1.94. The van der Waals surface area contributed by atoms with Gasteiger partial charge in [0.25, 0.3) is 0 Å². The van der Waals surface area contributed by atoms with Crippen LogP contribution in [0.2, 0.25) is 0 Å².